The molecule has 5 nitrogen and oxygen atoms in total. The average molecular weight is 408 g/mol. The largest absolute Gasteiger partial charge is 0.468 e. The number of nitrogens with one attached hydrogen (secondary N) is 1. The quantitative estimate of drug-likeness (QED) is 0.550. The van der Waals surface area contributed by atoms with Crippen LogP contribution >= 0.6 is 0 Å². The molecule has 0 aliphatic carbocycles. The monoisotopic (exact) mass is 407 g/mol. The highest BCUT2D eigenvalue weighted by Gasteiger charge is 2.46. The van der Waals surface area contributed by atoms with Crippen LogP contribution in [0, 0.1) is 0 Å². The summed E-state index contributed by atoms with van der Waals surface area (Å²) in [5.74, 6) is 0.135. The van der Waals surface area contributed by atoms with E-state index < -0.39 is 5.79 Å². The molecule has 1 aromatic heterocycles. The molecule has 3 atom stereocenters. The summed E-state index contributed by atoms with van der Waals surface area (Å²) in [6.45, 7) is 5.55. The van der Waals surface area contributed by atoms with Crippen molar-refractivity contribution < 1.29 is 18.6 Å². The Kier molecular flexibility index (Phi) is 6.65. The first-order valence-electron chi connectivity index (χ1n) is 10.4. The first-order valence-corrected chi connectivity index (χ1v) is 10.4. The molecule has 1 N–H and O–H groups in total. The van der Waals surface area contributed by atoms with Crippen LogP contribution in [0.4, 0.5) is 0 Å². The molecule has 0 spiro atoms. The smallest absolute Gasteiger partial charge is 0.163 e. The summed E-state index contributed by atoms with van der Waals surface area (Å²) >= 11 is 0. The third kappa shape index (κ3) is 5.37. The van der Waals surface area contributed by atoms with Gasteiger partial charge in [-0.25, -0.2) is 0 Å². The van der Waals surface area contributed by atoms with E-state index in [2.05, 4.69) is 29.6 Å². The highest BCUT2D eigenvalue weighted by molar-refractivity contribution is 5.16. The van der Waals surface area contributed by atoms with Gasteiger partial charge in [-0.3, -0.25) is 0 Å². The lowest BCUT2D eigenvalue weighted by Gasteiger charge is -2.26. The van der Waals surface area contributed by atoms with Crippen LogP contribution in [0.2, 0.25) is 0 Å². The standard InChI is InChI=1S/C25H29NO4/c1-25(2)29-22(18-27-17-20-12-7-4-8-13-20)24(30-25)23(21-14-9-15-28-21)26-16-19-10-5-3-6-11-19/h3-15,22-24,26H,16-18H2,1-2H3/t22-,23-,24-/m0/s1. The molecule has 0 bridgehead atoms. The van der Waals surface area contributed by atoms with Crippen LogP contribution in [0.15, 0.2) is 83.5 Å². The van der Waals surface area contributed by atoms with Crippen molar-refractivity contribution in [2.75, 3.05) is 6.61 Å². The zero-order valence-electron chi connectivity index (χ0n) is 17.5. The third-order valence-electron chi connectivity index (χ3n) is 5.16. The fraction of sp³-hybridized carbons (Fsp3) is 0.360. The van der Waals surface area contributed by atoms with Gasteiger partial charge in [-0.05, 0) is 37.1 Å². The Bertz CT molecular complexity index is 880. The Morgan fingerprint density at radius 2 is 1.60 bits per heavy atom. The Hall–Kier alpha value is -2.44. The fourth-order valence-corrected chi connectivity index (χ4v) is 3.81. The van der Waals surface area contributed by atoms with Gasteiger partial charge in [-0.15, -0.1) is 0 Å². The van der Waals surface area contributed by atoms with Crippen molar-refractivity contribution in [2.24, 2.45) is 0 Å². The Balaban J connectivity index is 1.46. The number of benzene rings is 2. The van der Waals surface area contributed by atoms with Gasteiger partial charge in [-0.1, -0.05) is 60.7 Å². The van der Waals surface area contributed by atoms with Gasteiger partial charge < -0.3 is 23.9 Å². The van der Waals surface area contributed by atoms with Crippen LogP contribution in [0.5, 0.6) is 0 Å². The maximum atomic E-state index is 6.31. The molecule has 1 saturated heterocycles. The molecule has 0 radical (unpaired) electrons. The molecular weight excluding hydrogens is 378 g/mol. The zero-order valence-corrected chi connectivity index (χ0v) is 17.5. The normalized spacial score (nSPS) is 21.5. The zero-order chi connectivity index (χ0) is 20.8. The highest BCUT2D eigenvalue weighted by Crippen LogP contribution is 2.36. The van der Waals surface area contributed by atoms with Gasteiger partial charge in [0.15, 0.2) is 5.79 Å². The third-order valence-corrected chi connectivity index (χ3v) is 5.16. The maximum Gasteiger partial charge on any atom is 0.163 e. The summed E-state index contributed by atoms with van der Waals surface area (Å²) in [6, 6.07) is 24.1. The average Bonchev–Trinajstić information content (AvgIpc) is 3.38. The van der Waals surface area contributed by atoms with E-state index in [9.17, 15) is 0 Å². The lowest BCUT2D eigenvalue weighted by Crippen LogP contribution is -2.40. The van der Waals surface area contributed by atoms with E-state index in [1.165, 1.54) is 5.56 Å². The van der Waals surface area contributed by atoms with Gasteiger partial charge >= 0.3 is 0 Å². The molecule has 1 fully saturated rings. The van der Waals surface area contributed by atoms with Gasteiger partial charge in [0.1, 0.15) is 18.0 Å². The number of furan rings is 1. The van der Waals surface area contributed by atoms with Gasteiger partial charge in [-0.2, -0.15) is 0 Å². The van der Waals surface area contributed by atoms with Crippen molar-refractivity contribution >= 4 is 0 Å². The molecule has 158 valence electrons. The minimum Gasteiger partial charge on any atom is -0.468 e. The van der Waals surface area contributed by atoms with E-state index in [0.29, 0.717) is 19.8 Å². The molecule has 1 aliphatic rings. The first-order chi connectivity index (χ1) is 14.6. The topological polar surface area (TPSA) is 52.9 Å². The lowest BCUT2D eigenvalue weighted by molar-refractivity contribution is -0.153. The molecule has 5 heteroatoms. The van der Waals surface area contributed by atoms with E-state index in [4.69, 9.17) is 18.6 Å². The van der Waals surface area contributed by atoms with Gasteiger partial charge in [0.05, 0.1) is 25.5 Å². The molecule has 2 aromatic carbocycles. The second kappa shape index (κ2) is 9.58. The van der Waals surface area contributed by atoms with E-state index >= 15 is 0 Å². The molecule has 4 rings (SSSR count). The van der Waals surface area contributed by atoms with Crippen LogP contribution in [0.3, 0.4) is 0 Å². The lowest BCUT2D eigenvalue weighted by atomic mass is 10.0. The predicted molar refractivity (Wildman–Crippen MR) is 115 cm³/mol. The van der Waals surface area contributed by atoms with Gasteiger partial charge in [0.2, 0.25) is 0 Å². The highest BCUT2D eigenvalue weighted by atomic mass is 16.8. The van der Waals surface area contributed by atoms with Gasteiger partial charge in [0.25, 0.3) is 0 Å². The van der Waals surface area contributed by atoms with Crippen LogP contribution in [0.1, 0.15) is 36.8 Å². The number of hydrogen-bond donors (Lipinski definition) is 1. The minimum absolute atomic E-state index is 0.160. The molecular formula is C25H29NO4. The predicted octanol–water partition coefficient (Wildman–Crippen LogP) is 4.85. The van der Waals surface area contributed by atoms with Crippen molar-refractivity contribution in [1.29, 1.82) is 0 Å². The summed E-state index contributed by atoms with van der Waals surface area (Å²) in [5.41, 5.74) is 2.33. The molecule has 1 aliphatic heterocycles. The van der Waals surface area contributed by atoms with Crippen molar-refractivity contribution in [3.05, 3.63) is 95.9 Å². The number of hydrogen-bond acceptors (Lipinski definition) is 5. The van der Waals surface area contributed by atoms with Crippen LogP contribution in [-0.2, 0) is 27.4 Å². The summed E-state index contributed by atoms with van der Waals surface area (Å²) < 4.78 is 24.3. The Labute approximate surface area is 178 Å². The molecule has 0 amide bonds. The SMILES string of the molecule is CC1(C)O[C@H]([C@@H](NCc2ccccc2)c2ccco2)[C@H](COCc2ccccc2)O1. The second-order valence-corrected chi connectivity index (χ2v) is 8.00. The van der Waals surface area contributed by atoms with E-state index in [1.54, 1.807) is 6.26 Å². The van der Waals surface area contributed by atoms with Crippen molar-refractivity contribution in [3.8, 4) is 0 Å². The second-order valence-electron chi connectivity index (χ2n) is 8.00. The van der Waals surface area contributed by atoms with Crippen molar-refractivity contribution in [3.63, 3.8) is 0 Å². The maximum absolute atomic E-state index is 6.31. The minimum atomic E-state index is -0.690. The molecule has 0 saturated carbocycles. The Morgan fingerprint density at radius 3 is 2.27 bits per heavy atom. The molecule has 3 aromatic rings. The van der Waals surface area contributed by atoms with E-state index in [-0.39, 0.29) is 18.2 Å². The number of ether oxygens (including phenoxy) is 3. The van der Waals surface area contributed by atoms with Crippen molar-refractivity contribution in [2.45, 2.75) is 51.0 Å². The molecule has 0 unspecified atom stereocenters. The summed E-state index contributed by atoms with van der Waals surface area (Å²) in [5, 5.41) is 3.60. The van der Waals surface area contributed by atoms with E-state index in [0.717, 1.165) is 11.3 Å². The van der Waals surface area contributed by atoms with Crippen LogP contribution in [-0.4, -0.2) is 24.6 Å². The number of rotatable bonds is 9. The van der Waals surface area contributed by atoms with Gasteiger partial charge in [0, 0.05) is 6.54 Å². The Morgan fingerprint density at radius 1 is 0.900 bits per heavy atom. The summed E-state index contributed by atoms with van der Waals surface area (Å²) in [4.78, 5) is 0. The first kappa shape index (κ1) is 20.8. The van der Waals surface area contributed by atoms with Crippen molar-refractivity contribution in [1.82, 2.24) is 5.32 Å². The van der Waals surface area contributed by atoms with E-state index in [1.807, 2.05) is 62.4 Å². The van der Waals surface area contributed by atoms with Crippen LogP contribution < -0.4 is 5.32 Å². The molecule has 30 heavy (non-hydrogen) atoms. The fourth-order valence-electron chi connectivity index (χ4n) is 3.81. The summed E-state index contributed by atoms with van der Waals surface area (Å²) in [6.07, 6.45) is 1.22. The van der Waals surface area contributed by atoms with Crippen LogP contribution in [0.25, 0.3) is 0 Å². The summed E-state index contributed by atoms with van der Waals surface area (Å²) in [7, 11) is 0. The molecule has 2 heterocycles.